The lowest BCUT2D eigenvalue weighted by atomic mass is 10.0. The van der Waals surface area contributed by atoms with Crippen LogP contribution in [0.2, 0.25) is 0 Å². The van der Waals surface area contributed by atoms with Gasteiger partial charge in [-0.25, -0.2) is 0 Å². The molecule has 1 aliphatic rings. The van der Waals surface area contributed by atoms with E-state index in [9.17, 15) is 15.0 Å². The van der Waals surface area contributed by atoms with E-state index in [1.54, 1.807) is 18.2 Å². The fourth-order valence-corrected chi connectivity index (χ4v) is 3.17. The molecule has 22 heavy (non-hydrogen) atoms. The van der Waals surface area contributed by atoms with Crippen LogP contribution in [0.1, 0.15) is 16.8 Å². The van der Waals surface area contributed by atoms with Gasteiger partial charge in [-0.15, -0.1) is 0 Å². The summed E-state index contributed by atoms with van der Waals surface area (Å²) in [5.41, 5.74) is 0.170. The summed E-state index contributed by atoms with van der Waals surface area (Å²) in [6.45, 7) is 0.753. The molecule has 0 saturated carbocycles. The molecule has 1 fully saturated rings. The van der Waals surface area contributed by atoms with Crippen LogP contribution in [0.5, 0.6) is 5.75 Å². The van der Waals surface area contributed by atoms with Crippen LogP contribution < -0.4 is 5.32 Å². The molecule has 0 aliphatic carbocycles. The summed E-state index contributed by atoms with van der Waals surface area (Å²) in [5.74, 6) is -0.499. The molecular weight excluding hydrogens is 350 g/mol. The van der Waals surface area contributed by atoms with Gasteiger partial charge in [0, 0.05) is 16.5 Å². The van der Waals surface area contributed by atoms with Crippen molar-refractivity contribution in [1.82, 2.24) is 5.32 Å². The summed E-state index contributed by atoms with van der Waals surface area (Å²) in [6, 6.07) is 8.40. The molecule has 2 aromatic rings. The Morgan fingerprint density at radius 2 is 2.05 bits per heavy atom. The molecule has 2 unspecified atom stereocenters. The Morgan fingerprint density at radius 3 is 2.77 bits per heavy atom. The Kier molecular flexibility index (Phi) is 4.33. The van der Waals surface area contributed by atoms with Crippen molar-refractivity contribution in [2.45, 2.75) is 18.6 Å². The molecule has 1 amide bonds. The number of hydrogen-bond donors (Lipinski definition) is 3. The predicted octanol–water partition coefficient (Wildman–Crippen LogP) is 2.19. The number of carbonyl (C=O) groups is 1. The first-order valence-electron chi connectivity index (χ1n) is 7.05. The molecule has 3 N–H and O–H groups in total. The fraction of sp³-hybridized carbons (Fsp3) is 0.312. The molecule has 6 heteroatoms. The standard InChI is InChI=1S/C16H16BrNO4/c17-12-7-11(15(20)10-4-2-1-3-9(10)12)16(21)18-13-8-22-6-5-14(13)19/h1-4,7,13-14,19-20H,5-6,8H2,(H,18,21). The van der Waals surface area contributed by atoms with E-state index < -0.39 is 18.1 Å². The quantitative estimate of drug-likeness (QED) is 0.762. The number of carbonyl (C=O) groups excluding carboxylic acids is 1. The van der Waals surface area contributed by atoms with E-state index in [0.717, 1.165) is 9.86 Å². The van der Waals surface area contributed by atoms with Gasteiger partial charge in [-0.1, -0.05) is 40.2 Å². The predicted molar refractivity (Wildman–Crippen MR) is 86.0 cm³/mol. The van der Waals surface area contributed by atoms with Crippen molar-refractivity contribution in [2.75, 3.05) is 13.2 Å². The van der Waals surface area contributed by atoms with Crippen molar-refractivity contribution >= 4 is 32.6 Å². The molecular formula is C16H16BrNO4. The molecule has 5 nitrogen and oxygen atoms in total. The van der Waals surface area contributed by atoms with Crippen LogP contribution in [0.4, 0.5) is 0 Å². The highest BCUT2D eigenvalue weighted by Gasteiger charge is 2.27. The lowest BCUT2D eigenvalue weighted by molar-refractivity contribution is -0.0140. The number of halogens is 1. The van der Waals surface area contributed by atoms with Crippen LogP contribution in [0.3, 0.4) is 0 Å². The van der Waals surface area contributed by atoms with E-state index in [0.29, 0.717) is 18.4 Å². The monoisotopic (exact) mass is 365 g/mol. The van der Waals surface area contributed by atoms with Gasteiger partial charge in [-0.2, -0.15) is 0 Å². The third kappa shape index (κ3) is 2.82. The Bertz CT molecular complexity index is 719. The Balaban J connectivity index is 1.92. The van der Waals surface area contributed by atoms with Crippen LogP contribution in [-0.2, 0) is 4.74 Å². The first-order valence-corrected chi connectivity index (χ1v) is 7.84. The molecule has 0 bridgehead atoms. The average molecular weight is 366 g/mol. The molecule has 0 aromatic heterocycles. The number of nitrogens with one attached hydrogen (secondary N) is 1. The third-order valence-corrected chi connectivity index (χ3v) is 4.50. The first kappa shape index (κ1) is 15.3. The smallest absolute Gasteiger partial charge is 0.255 e. The highest BCUT2D eigenvalue weighted by atomic mass is 79.9. The zero-order valence-electron chi connectivity index (χ0n) is 11.8. The number of aliphatic hydroxyl groups is 1. The van der Waals surface area contributed by atoms with Gasteiger partial charge < -0.3 is 20.3 Å². The van der Waals surface area contributed by atoms with Crippen LogP contribution in [0.25, 0.3) is 10.8 Å². The lowest BCUT2D eigenvalue weighted by Crippen LogP contribution is -2.49. The van der Waals surface area contributed by atoms with Crippen molar-refractivity contribution in [2.24, 2.45) is 0 Å². The number of benzene rings is 2. The number of aliphatic hydroxyl groups excluding tert-OH is 1. The van der Waals surface area contributed by atoms with Crippen LogP contribution >= 0.6 is 15.9 Å². The first-order chi connectivity index (χ1) is 10.6. The fourth-order valence-electron chi connectivity index (χ4n) is 2.60. The van der Waals surface area contributed by atoms with Gasteiger partial charge in [0.05, 0.1) is 24.3 Å². The number of phenols is 1. The van der Waals surface area contributed by atoms with E-state index in [2.05, 4.69) is 21.2 Å². The minimum atomic E-state index is -0.635. The number of hydrogen-bond acceptors (Lipinski definition) is 4. The minimum absolute atomic E-state index is 0.0671. The third-order valence-electron chi connectivity index (χ3n) is 3.85. The van der Waals surface area contributed by atoms with Gasteiger partial charge in [0.1, 0.15) is 5.75 Å². The highest BCUT2D eigenvalue weighted by Crippen LogP contribution is 2.34. The number of ether oxygens (including phenoxy) is 1. The van der Waals surface area contributed by atoms with E-state index in [-0.39, 0.29) is 17.9 Å². The second-order valence-corrected chi connectivity index (χ2v) is 6.17. The molecule has 116 valence electrons. The summed E-state index contributed by atoms with van der Waals surface area (Å²) < 4.78 is 6.00. The topological polar surface area (TPSA) is 78.8 Å². The molecule has 1 aliphatic heterocycles. The van der Waals surface area contributed by atoms with E-state index >= 15 is 0 Å². The van der Waals surface area contributed by atoms with Crippen molar-refractivity contribution in [3.63, 3.8) is 0 Å². The Hall–Kier alpha value is -1.63. The summed E-state index contributed by atoms with van der Waals surface area (Å²) in [6.07, 6.45) is -0.151. The van der Waals surface area contributed by atoms with Gasteiger partial charge in [-0.05, 0) is 17.9 Å². The molecule has 0 radical (unpaired) electrons. The van der Waals surface area contributed by atoms with E-state index in [1.165, 1.54) is 0 Å². The van der Waals surface area contributed by atoms with Gasteiger partial charge >= 0.3 is 0 Å². The van der Waals surface area contributed by atoms with Crippen molar-refractivity contribution in [3.8, 4) is 5.75 Å². The van der Waals surface area contributed by atoms with E-state index in [1.807, 2.05) is 12.1 Å². The Morgan fingerprint density at radius 1 is 1.32 bits per heavy atom. The molecule has 3 rings (SSSR count). The maximum atomic E-state index is 12.4. The summed E-state index contributed by atoms with van der Waals surface area (Å²) in [7, 11) is 0. The van der Waals surface area contributed by atoms with Crippen molar-refractivity contribution in [1.29, 1.82) is 0 Å². The summed E-state index contributed by atoms with van der Waals surface area (Å²) in [4.78, 5) is 12.4. The second-order valence-electron chi connectivity index (χ2n) is 5.31. The lowest BCUT2D eigenvalue weighted by Gasteiger charge is -2.28. The Labute approximate surface area is 136 Å². The normalized spacial score (nSPS) is 21.7. The molecule has 0 spiro atoms. The second kappa shape index (κ2) is 6.24. The summed E-state index contributed by atoms with van der Waals surface area (Å²) >= 11 is 3.42. The van der Waals surface area contributed by atoms with Gasteiger partial charge in [0.25, 0.3) is 5.91 Å². The number of fused-ring (bicyclic) bond motifs is 1. The number of aromatic hydroxyl groups is 1. The van der Waals surface area contributed by atoms with Crippen molar-refractivity contribution in [3.05, 3.63) is 40.4 Å². The number of rotatable bonds is 2. The van der Waals surface area contributed by atoms with Gasteiger partial charge in [0.2, 0.25) is 0 Å². The zero-order chi connectivity index (χ0) is 15.7. The minimum Gasteiger partial charge on any atom is -0.506 e. The average Bonchev–Trinajstić information content (AvgIpc) is 2.53. The van der Waals surface area contributed by atoms with Gasteiger partial charge in [0.15, 0.2) is 0 Å². The largest absolute Gasteiger partial charge is 0.506 e. The number of amides is 1. The van der Waals surface area contributed by atoms with Crippen LogP contribution in [0.15, 0.2) is 34.8 Å². The van der Waals surface area contributed by atoms with Gasteiger partial charge in [-0.3, -0.25) is 4.79 Å². The molecule has 1 heterocycles. The number of phenolic OH excluding ortho intramolecular Hbond substituents is 1. The maximum Gasteiger partial charge on any atom is 0.255 e. The SMILES string of the molecule is O=C(NC1COCCC1O)c1cc(Br)c2ccccc2c1O. The molecule has 1 saturated heterocycles. The van der Waals surface area contributed by atoms with E-state index in [4.69, 9.17) is 4.74 Å². The molecule has 2 atom stereocenters. The maximum absolute atomic E-state index is 12.4. The van der Waals surface area contributed by atoms with Crippen molar-refractivity contribution < 1.29 is 19.7 Å². The zero-order valence-corrected chi connectivity index (χ0v) is 13.3. The van der Waals surface area contributed by atoms with Crippen LogP contribution in [0, 0.1) is 0 Å². The molecule has 2 aromatic carbocycles. The summed E-state index contributed by atoms with van der Waals surface area (Å²) in [5, 5.41) is 24.4. The highest BCUT2D eigenvalue weighted by molar-refractivity contribution is 9.10. The van der Waals surface area contributed by atoms with Crippen LogP contribution in [-0.4, -0.2) is 41.5 Å².